The lowest BCUT2D eigenvalue weighted by Gasteiger charge is -2.34. The van der Waals surface area contributed by atoms with Gasteiger partial charge in [0.2, 0.25) is 5.91 Å². The lowest BCUT2D eigenvalue weighted by Crippen LogP contribution is -2.54. The van der Waals surface area contributed by atoms with Crippen LogP contribution in [-0.2, 0) is 4.79 Å². The third-order valence-corrected chi connectivity index (χ3v) is 6.58. The summed E-state index contributed by atoms with van der Waals surface area (Å²) in [5.74, 6) is 0.379. The van der Waals surface area contributed by atoms with Gasteiger partial charge in [0.25, 0.3) is 5.91 Å². The Morgan fingerprint density at radius 2 is 1.96 bits per heavy atom. The number of nitrogens with one attached hydrogen (secondary N) is 2. The number of fused-ring (bicyclic) bond motifs is 1. The Labute approximate surface area is 178 Å². The van der Waals surface area contributed by atoms with E-state index in [1.807, 2.05) is 4.90 Å². The zero-order valence-electron chi connectivity index (χ0n) is 16.0. The Balaban J connectivity index is 0.00000225. The molecular weight excluding hydrogens is 397 g/mol. The largest absolute Gasteiger partial charge is 0.350 e. The van der Waals surface area contributed by atoms with Crippen molar-refractivity contribution in [2.45, 2.75) is 63.1 Å². The van der Waals surface area contributed by atoms with Gasteiger partial charge in [0.05, 0.1) is 0 Å². The zero-order valence-corrected chi connectivity index (χ0v) is 17.6. The third kappa shape index (κ3) is 4.47. The monoisotopic (exact) mass is 425 g/mol. The first-order valence-corrected chi connectivity index (χ1v) is 10.6. The Morgan fingerprint density at radius 3 is 2.71 bits per heavy atom. The quantitative estimate of drug-likeness (QED) is 0.779. The highest BCUT2D eigenvalue weighted by Crippen LogP contribution is 2.40. The Bertz CT molecular complexity index is 709. The SMILES string of the molecule is Cl.O=C(N[C@H]1CCCNC1)C1CC2CCCCC2N1C(=O)c1cccc(Cl)c1. The van der Waals surface area contributed by atoms with Crippen molar-refractivity contribution in [1.82, 2.24) is 15.5 Å². The maximum atomic E-state index is 13.3. The summed E-state index contributed by atoms with van der Waals surface area (Å²) >= 11 is 6.10. The van der Waals surface area contributed by atoms with Crippen LogP contribution >= 0.6 is 24.0 Å². The highest BCUT2D eigenvalue weighted by molar-refractivity contribution is 6.31. The lowest BCUT2D eigenvalue weighted by atomic mass is 9.84. The molecule has 2 aliphatic heterocycles. The van der Waals surface area contributed by atoms with Crippen LogP contribution in [0.25, 0.3) is 0 Å². The number of carbonyl (C=O) groups excluding carboxylic acids is 2. The first-order valence-electron chi connectivity index (χ1n) is 10.2. The molecule has 4 atom stereocenters. The summed E-state index contributed by atoms with van der Waals surface area (Å²) in [7, 11) is 0. The number of likely N-dealkylation sites (tertiary alicyclic amines) is 1. The zero-order chi connectivity index (χ0) is 18.8. The Morgan fingerprint density at radius 1 is 1.14 bits per heavy atom. The molecule has 1 aromatic carbocycles. The van der Waals surface area contributed by atoms with E-state index >= 15 is 0 Å². The first kappa shape index (κ1) is 21.4. The number of rotatable bonds is 3. The van der Waals surface area contributed by atoms with E-state index in [4.69, 9.17) is 11.6 Å². The van der Waals surface area contributed by atoms with E-state index in [1.54, 1.807) is 24.3 Å². The van der Waals surface area contributed by atoms with Crippen LogP contribution in [0.5, 0.6) is 0 Å². The van der Waals surface area contributed by atoms with Crippen LogP contribution in [0.15, 0.2) is 24.3 Å². The number of nitrogens with zero attached hydrogens (tertiary/aromatic N) is 1. The van der Waals surface area contributed by atoms with Crippen molar-refractivity contribution in [2.75, 3.05) is 13.1 Å². The van der Waals surface area contributed by atoms with Gasteiger partial charge in [-0.3, -0.25) is 9.59 Å². The molecule has 2 amide bonds. The van der Waals surface area contributed by atoms with Crippen LogP contribution in [0.3, 0.4) is 0 Å². The predicted molar refractivity (Wildman–Crippen MR) is 113 cm³/mol. The van der Waals surface area contributed by atoms with Gasteiger partial charge in [-0.25, -0.2) is 0 Å². The number of benzene rings is 1. The van der Waals surface area contributed by atoms with E-state index < -0.39 is 0 Å². The van der Waals surface area contributed by atoms with E-state index in [-0.39, 0.29) is 42.3 Å². The van der Waals surface area contributed by atoms with Crippen molar-refractivity contribution >= 4 is 35.8 Å². The fourth-order valence-electron chi connectivity index (χ4n) is 5.03. The molecule has 154 valence electrons. The van der Waals surface area contributed by atoms with Crippen molar-refractivity contribution in [1.29, 1.82) is 0 Å². The van der Waals surface area contributed by atoms with Gasteiger partial charge in [-0.15, -0.1) is 12.4 Å². The Hall–Kier alpha value is -1.30. The maximum Gasteiger partial charge on any atom is 0.254 e. The van der Waals surface area contributed by atoms with E-state index in [2.05, 4.69) is 10.6 Å². The molecule has 0 aromatic heterocycles. The Kier molecular flexibility index (Phi) is 7.24. The molecule has 7 heteroatoms. The molecule has 28 heavy (non-hydrogen) atoms. The second-order valence-electron chi connectivity index (χ2n) is 8.14. The molecule has 5 nitrogen and oxygen atoms in total. The van der Waals surface area contributed by atoms with E-state index in [9.17, 15) is 9.59 Å². The van der Waals surface area contributed by atoms with E-state index in [0.29, 0.717) is 16.5 Å². The van der Waals surface area contributed by atoms with Gasteiger partial charge in [-0.05, 0) is 62.8 Å². The molecule has 0 bridgehead atoms. The summed E-state index contributed by atoms with van der Waals surface area (Å²) in [6.07, 6.45) is 7.28. The van der Waals surface area contributed by atoms with Crippen molar-refractivity contribution < 1.29 is 9.59 Å². The topological polar surface area (TPSA) is 61.4 Å². The molecule has 4 rings (SSSR count). The van der Waals surface area contributed by atoms with E-state index in [0.717, 1.165) is 51.6 Å². The lowest BCUT2D eigenvalue weighted by molar-refractivity contribution is -0.126. The van der Waals surface area contributed by atoms with Crippen molar-refractivity contribution in [2.24, 2.45) is 5.92 Å². The van der Waals surface area contributed by atoms with Crippen LogP contribution in [-0.4, -0.2) is 47.9 Å². The minimum absolute atomic E-state index is 0. The van der Waals surface area contributed by atoms with Crippen LogP contribution < -0.4 is 10.6 Å². The summed E-state index contributed by atoms with van der Waals surface area (Å²) < 4.78 is 0. The van der Waals surface area contributed by atoms with E-state index in [1.165, 1.54) is 6.42 Å². The molecule has 0 spiro atoms. The fraction of sp³-hybridized carbons (Fsp3) is 0.619. The van der Waals surface area contributed by atoms with Gasteiger partial charge in [0.1, 0.15) is 6.04 Å². The summed E-state index contributed by atoms with van der Waals surface area (Å²) in [6.45, 7) is 1.83. The van der Waals surface area contributed by atoms with Crippen LogP contribution in [0.4, 0.5) is 0 Å². The van der Waals surface area contributed by atoms with Gasteiger partial charge in [-0.1, -0.05) is 30.5 Å². The highest BCUT2D eigenvalue weighted by Gasteiger charge is 2.47. The summed E-state index contributed by atoms with van der Waals surface area (Å²) in [4.78, 5) is 28.3. The van der Waals surface area contributed by atoms with Crippen molar-refractivity contribution in [3.63, 3.8) is 0 Å². The molecular formula is C21H29Cl2N3O2. The number of piperidine rings is 1. The third-order valence-electron chi connectivity index (χ3n) is 6.34. The summed E-state index contributed by atoms with van der Waals surface area (Å²) in [6, 6.07) is 7.04. The molecule has 1 aromatic rings. The van der Waals surface area contributed by atoms with Gasteiger partial charge in [0.15, 0.2) is 0 Å². The van der Waals surface area contributed by atoms with Gasteiger partial charge in [0, 0.05) is 29.2 Å². The highest BCUT2D eigenvalue weighted by atomic mass is 35.5. The summed E-state index contributed by atoms with van der Waals surface area (Å²) in [5.41, 5.74) is 0.575. The molecule has 3 unspecified atom stereocenters. The van der Waals surface area contributed by atoms with Crippen LogP contribution in [0, 0.1) is 5.92 Å². The second kappa shape index (κ2) is 9.47. The molecule has 1 aliphatic carbocycles. The molecule has 2 saturated heterocycles. The standard InChI is InChI=1S/C21H28ClN3O2.ClH/c22-16-7-3-6-15(11-16)21(27)25-18-9-2-1-5-14(18)12-19(25)20(26)24-17-8-4-10-23-13-17;/h3,6-7,11,14,17-19,23H,1-2,4-5,8-10,12-13H2,(H,24,26);1H/t14?,17-,18?,19?;/m0./s1. The number of carbonyl (C=O) groups is 2. The number of hydrogen-bond acceptors (Lipinski definition) is 3. The summed E-state index contributed by atoms with van der Waals surface area (Å²) in [5, 5.41) is 7.08. The number of halogens is 2. The van der Waals surface area contributed by atoms with Crippen LogP contribution in [0.1, 0.15) is 55.3 Å². The average molecular weight is 426 g/mol. The molecule has 3 aliphatic rings. The molecule has 2 heterocycles. The van der Waals surface area contributed by atoms with Crippen LogP contribution in [0.2, 0.25) is 5.02 Å². The number of amides is 2. The van der Waals surface area contributed by atoms with Gasteiger partial charge in [-0.2, -0.15) is 0 Å². The van der Waals surface area contributed by atoms with Crippen molar-refractivity contribution in [3.8, 4) is 0 Å². The predicted octanol–water partition coefficient (Wildman–Crippen LogP) is 3.40. The molecule has 2 N–H and O–H groups in total. The minimum atomic E-state index is -0.369. The fourth-order valence-corrected chi connectivity index (χ4v) is 5.22. The minimum Gasteiger partial charge on any atom is -0.350 e. The average Bonchev–Trinajstić information content (AvgIpc) is 3.08. The van der Waals surface area contributed by atoms with Crippen molar-refractivity contribution in [3.05, 3.63) is 34.9 Å². The van der Waals surface area contributed by atoms with Gasteiger partial charge < -0.3 is 15.5 Å². The number of hydrogen-bond donors (Lipinski definition) is 2. The normalized spacial score (nSPS) is 29.5. The first-order chi connectivity index (χ1) is 13.1. The molecule has 1 saturated carbocycles. The van der Waals surface area contributed by atoms with Gasteiger partial charge >= 0.3 is 0 Å². The maximum absolute atomic E-state index is 13.3. The smallest absolute Gasteiger partial charge is 0.254 e. The molecule has 0 radical (unpaired) electrons. The second-order valence-corrected chi connectivity index (χ2v) is 8.57. The molecule has 3 fully saturated rings.